The average Bonchev–Trinajstić information content (AvgIpc) is 2.18. The first-order valence-electron chi connectivity index (χ1n) is 5.49. The molecule has 1 aliphatic heterocycles. The molecule has 1 N–H and O–H groups in total. The minimum Gasteiger partial charge on any atom is -0.316 e. The van der Waals surface area contributed by atoms with E-state index in [0.29, 0.717) is 12.2 Å². The normalized spacial score (nSPS) is 28.8. The van der Waals surface area contributed by atoms with E-state index in [-0.39, 0.29) is 5.41 Å². The lowest BCUT2D eigenvalue weighted by Crippen LogP contribution is -2.45. The highest BCUT2D eigenvalue weighted by atomic mass is 16.1. The molecule has 0 bridgehead atoms. The van der Waals surface area contributed by atoms with Gasteiger partial charge in [-0.2, -0.15) is 0 Å². The zero-order valence-corrected chi connectivity index (χ0v) is 8.86. The highest BCUT2D eigenvalue weighted by Crippen LogP contribution is 2.33. The van der Waals surface area contributed by atoms with Crippen molar-refractivity contribution in [2.24, 2.45) is 5.41 Å². The number of ketones is 1. The average molecular weight is 183 g/mol. The van der Waals surface area contributed by atoms with E-state index < -0.39 is 0 Å². The van der Waals surface area contributed by atoms with Gasteiger partial charge >= 0.3 is 0 Å². The maximum Gasteiger partial charge on any atom is 0.140 e. The second-order valence-corrected chi connectivity index (χ2v) is 4.09. The molecule has 0 saturated carbocycles. The number of Topliss-reactive ketones (excluding diaryl/α,β-unsaturated/α-hetero) is 1. The van der Waals surface area contributed by atoms with Crippen molar-refractivity contribution in [2.75, 3.05) is 13.1 Å². The van der Waals surface area contributed by atoms with Gasteiger partial charge in [-0.25, -0.2) is 0 Å². The molecule has 0 spiro atoms. The molecule has 13 heavy (non-hydrogen) atoms. The Morgan fingerprint density at radius 1 is 1.46 bits per heavy atom. The summed E-state index contributed by atoms with van der Waals surface area (Å²) in [5.41, 5.74) is -0.0122. The molecule has 0 aromatic rings. The zero-order chi connectivity index (χ0) is 9.73. The first-order valence-corrected chi connectivity index (χ1v) is 5.49. The second-order valence-electron chi connectivity index (χ2n) is 4.09. The Hall–Kier alpha value is -0.370. The summed E-state index contributed by atoms with van der Waals surface area (Å²) in [5.74, 6) is 0.460. The Kier molecular flexibility index (Phi) is 3.91. The van der Waals surface area contributed by atoms with Crippen molar-refractivity contribution in [1.29, 1.82) is 0 Å². The predicted octanol–water partition coefficient (Wildman–Crippen LogP) is 2.14. The van der Waals surface area contributed by atoms with Crippen molar-refractivity contribution in [3.8, 4) is 0 Å². The SMILES string of the molecule is CCCC1(C(=O)CC)CCCNC1. The third-order valence-electron chi connectivity index (χ3n) is 3.11. The Bertz CT molecular complexity index is 165. The first kappa shape index (κ1) is 10.7. The van der Waals surface area contributed by atoms with Crippen molar-refractivity contribution in [2.45, 2.75) is 46.0 Å². The summed E-state index contributed by atoms with van der Waals surface area (Å²) in [5, 5.41) is 3.35. The standard InChI is InChI=1S/C11H21NO/c1-3-6-11(10(13)4-2)7-5-8-12-9-11/h12H,3-9H2,1-2H3. The van der Waals surface area contributed by atoms with Crippen LogP contribution in [-0.2, 0) is 4.79 Å². The predicted molar refractivity (Wildman–Crippen MR) is 54.7 cm³/mol. The van der Waals surface area contributed by atoms with Crippen LogP contribution in [0.5, 0.6) is 0 Å². The fraction of sp³-hybridized carbons (Fsp3) is 0.909. The Balaban J connectivity index is 2.66. The van der Waals surface area contributed by atoms with Crippen molar-refractivity contribution >= 4 is 5.78 Å². The highest BCUT2D eigenvalue weighted by molar-refractivity contribution is 5.84. The minimum absolute atomic E-state index is 0.0122. The van der Waals surface area contributed by atoms with Gasteiger partial charge in [-0.15, -0.1) is 0 Å². The van der Waals surface area contributed by atoms with Crippen LogP contribution in [0.1, 0.15) is 46.0 Å². The second kappa shape index (κ2) is 4.75. The van der Waals surface area contributed by atoms with Gasteiger partial charge in [-0.05, 0) is 25.8 Å². The molecule has 1 aliphatic rings. The summed E-state index contributed by atoms with van der Waals surface area (Å²) in [6.07, 6.45) is 5.13. The van der Waals surface area contributed by atoms with Crippen molar-refractivity contribution < 1.29 is 4.79 Å². The van der Waals surface area contributed by atoms with Gasteiger partial charge in [0, 0.05) is 18.4 Å². The lowest BCUT2D eigenvalue weighted by Gasteiger charge is -2.36. The summed E-state index contributed by atoms with van der Waals surface area (Å²) in [6.45, 7) is 6.14. The number of carbonyl (C=O) groups excluding carboxylic acids is 1. The molecule has 0 aromatic heterocycles. The maximum absolute atomic E-state index is 11.8. The molecule has 0 amide bonds. The molecule has 76 valence electrons. The summed E-state index contributed by atoms with van der Waals surface area (Å²) in [7, 11) is 0. The zero-order valence-electron chi connectivity index (χ0n) is 8.86. The molecule has 1 atom stereocenters. The van der Waals surface area contributed by atoms with Crippen LogP contribution in [0.3, 0.4) is 0 Å². The van der Waals surface area contributed by atoms with Gasteiger partial charge in [0.2, 0.25) is 0 Å². The smallest absolute Gasteiger partial charge is 0.140 e. The van der Waals surface area contributed by atoms with E-state index in [1.54, 1.807) is 0 Å². The molecular formula is C11H21NO. The van der Waals surface area contributed by atoms with Gasteiger partial charge in [-0.1, -0.05) is 20.3 Å². The van der Waals surface area contributed by atoms with Crippen LogP contribution >= 0.6 is 0 Å². The van der Waals surface area contributed by atoms with E-state index in [1.165, 1.54) is 0 Å². The van der Waals surface area contributed by atoms with Crippen LogP contribution in [0.2, 0.25) is 0 Å². The summed E-state index contributed by atoms with van der Waals surface area (Å²) in [6, 6.07) is 0. The summed E-state index contributed by atoms with van der Waals surface area (Å²) < 4.78 is 0. The Labute approximate surface area is 81.1 Å². The van der Waals surface area contributed by atoms with Crippen LogP contribution in [0.25, 0.3) is 0 Å². The number of nitrogens with one attached hydrogen (secondary N) is 1. The largest absolute Gasteiger partial charge is 0.316 e. The summed E-state index contributed by atoms with van der Waals surface area (Å²) >= 11 is 0. The van der Waals surface area contributed by atoms with Gasteiger partial charge in [-0.3, -0.25) is 4.79 Å². The van der Waals surface area contributed by atoms with Crippen molar-refractivity contribution in [3.05, 3.63) is 0 Å². The van der Waals surface area contributed by atoms with Crippen LogP contribution in [0, 0.1) is 5.41 Å². The first-order chi connectivity index (χ1) is 6.25. The van der Waals surface area contributed by atoms with Crippen LogP contribution in [0.4, 0.5) is 0 Å². The van der Waals surface area contributed by atoms with Crippen LogP contribution in [0.15, 0.2) is 0 Å². The molecule has 1 saturated heterocycles. The molecule has 1 rings (SSSR count). The molecule has 0 radical (unpaired) electrons. The van der Waals surface area contributed by atoms with E-state index in [9.17, 15) is 4.79 Å². The van der Waals surface area contributed by atoms with Crippen LogP contribution in [-0.4, -0.2) is 18.9 Å². The maximum atomic E-state index is 11.8. The number of hydrogen-bond donors (Lipinski definition) is 1. The lowest BCUT2D eigenvalue weighted by molar-refractivity contribution is -0.130. The molecule has 0 aliphatic carbocycles. The van der Waals surface area contributed by atoms with Gasteiger partial charge in [0.25, 0.3) is 0 Å². The molecular weight excluding hydrogens is 162 g/mol. The van der Waals surface area contributed by atoms with Crippen LogP contribution < -0.4 is 5.32 Å². The quantitative estimate of drug-likeness (QED) is 0.723. The number of rotatable bonds is 4. The van der Waals surface area contributed by atoms with Crippen molar-refractivity contribution in [1.82, 2.24) is 5.32 Å². The molecule has 1 fully saturated rings. The molecule has 0 aromatic carbocycles. The third-order valence-corrected chi connectivity index (χ3v) is 3.11. The monoisotopic (exact) mass is 183 g/mol. The fourth-order valence-corrected chi connectivity index (χ4v) is 2.41. The van der Waals surface area contributed by atoms with E-state index >= 15 is 0 Å². The number of piperidine rings is 1. The summed E-state index contributed by atoms with van der Waals surface area (Å²) in [4.78, 5) is 11.8. The molecule has 2 heteroatoms. The van der Waals surface area contributed by atoms with E-state index in [4.69, 9.17) is 0 Å². The van der Waals surface area contributed by atoms with Gasteiger partial charge < -0.3 is 5.32 Å². The highest BCUT2D eigenvalue weighted by Gasteiger charge is 2.36. The van der Waals surface area contributed by atoms with E-state index in [1.807, 2.05) is 6.92 Å². The Morgan fingerprint density at radius 2 is 2.23 bits per heavy atom. The molecule has 2 nitrogen and oxygen atoms in total. The third kappa shape index (κ3) is 2.31. The fourth-order valence-electron chi connectivity index (χ4n) is 2.41. The van der Waals surface area contributed by atoms with Gasteiger partial charge in [0.05, 0.1) is 0 Å². The molecule has 1 heterocycles. The Morgan fingerprint density at radius 3 is 2.69 bits per heavy atom. The van der Waals surface area contributed by atoms with Crippen molar-refractivity contribution in [3.63, 3.8) is 0 Å². The number of hydrogen-bond acceptors (Lipinski definition) is 2. The lowest BCUT2D eigenvalue weighted by atomic mass is 9.73. The number of carbonyl (C=O) groups is 1. The topological polar surface area (TPSA) is 29.1 Å². The van der Waals surface area contributed by atoms with E-state index in [0.717, 1.165) is 38.8 Å². The minimum atomic E-state index is -0.0122. The van der Waals surface area contributed by atoms with E-state index in [2.05, 4.69) is 12.2 Å². The van der Waals surface area contributed by atoms with Gasteiger partial charge in [0.1, 0.15) is 5.78 Å². The van der Waals surface area contributed by atoms with Gasteiger partial charge in [0.15, 0.2) is 0 Å². The molecule has 1 unspecified atom stereocenters.